The molecule has 0 saturated carbocycles. The molecule has 8 nitrogen and oxygen atoms in total. The summed E-state index contributed by atoms with van der Waals surface area (Å²) in [5.41, 5.74) is 9.97. The summed E-state index contributed by atoms with van der Waals surface area (Å²) in [5.74, 6) is 0.881. The van der Waals surface area contributed by atoms with Gasteiger partial charge in [-0.1, -0.05) is 0 Å². The summed E-state index contributed by atoms with van der Waals surface area (Å²) in [5, 5.41) is 5.27. The molecule has 0 bridgehead atoms. The molecule has 1 aliphatic heterocycles. The van der Waals surface area contributed by atoms with E-state index in [0.717, 1.165) is 45.9 Å². The van der Waals surface area contributed by atoms with Crippen LogP contribution in [0.2, 0.25) is 0 Å². The fourth-order valence-electron chi connectivity index (χ4n) is 3.73. The minimum atomic E-state index is 0.227. The van der Waals surface area contributed by atoms with Gasteiger partial charge in [-0.3, -0.25) is 14.7 Å². The number of rotatable bonds is 4. The number of hydrogen-bond donors (Lipinski definition) is 1. The van der Waals surface area contributed by atoms with Crippen molar-refractivity contribution in [2.24, 2.45) is 17.8 Å². The van der Waals surface area contributed by atoms with Crippen LogP contribution >= 0.6 is 0 Å². The molecule has 3 aromatic rings. The number of hydrogen-bond acceptors (Lipinski definition) is 7. The second-order valence-corrected chi connectivity index (χ2v) is 7.01. The summed E-state index contributed by atoms with van der Waals surface area (Å²) in [7, 11) is 3.67. The van der Waals surface area contributed by atoms with Crippen LogP contribution in [-0.4, -0.2) is 58.3 Å². The zero-order valence-corrected chi connectivity index (χ0v) is 16.9. The Bertz CT molecular complexity index is 1090. The fraction of sp³-hybridized carbons (Fsp3) is 0.333. The summed E-state index contributed by atoms with van der Waals surface area (Å²) in [6.45, 7) is 4.28. The van der Waals surface area contributed by atoms with Crippen LogP contribution in [0, 0.1) is 0 Å². The van der Waals surface area contributed by atoms with Crippen molar-refractivity contribution in [1.82, 2.24) is 19.7 Å². The number of ether oxygens (including phenoxy) is 1. The molecule has 1 saturated heterocycles. The first-order valence-electron chi connectivity index (χ1n) is 9.62. The first-order chi connectivity index (χ1) is 14.1. The first kappa shape index (κ1) is 19.1. The monoisotopic (exact) mass is 391 g/mol. The summed E-state index contributed by atoms with van der Waals surface area (Å²) < 4.78 is 7.42. The Morgan fingerprint density at radius 3 is 2.90 bits per heavy atom. The summed E-state index contributed by atoms with van der Waals surface area (Å²) in [4.78, 5) is 16.4. The van der Waals surface area contributed by atoms with Gasteiger partial charge in [-0.25, -0.2) is 4.98 Å². The van der Waals surface area contributed by atoms with Crippen molar-refractivity contribution in [2.45, 2.75) is 13.0 Å². The van der Waals surface area contributed by atoms with Crippen molar-refractivity contribution in [3.05, 3.63) is 48.4 Å². The molecular formula is C21H25N7O. The molecule has 8 heteroatoms. The average Bonchev–Trinajstić information content (AvgIpc) is 3.17. The van der Waals surface area contributed by atoms with Gasteiger partial charge in [-0.2, -0.15) is 5.10 Å². The lowest BCUT2D eigenvalue weighted by Crippen LogP contribution is -2.44. The molecule has 1 atom stereocenters. The second-order valence-electron chi connectivity index (χ2n) is 7.01. The van der Waals surface area contributed by atoms with E-state index in [0.29, 0.717) is 13.2 Å². The van der Waals surface area contributed by atoms with Crippen molar-refractivity contribution in [1.29, 1.82) is 0 Å². The minimum Gasteiger partial charge on any atom is -0.405 e. The maximum absolute atomic E-state index is 5.69. The van der Waals surface area contributed by atoms with Crippen molar-refractivity contribution in [3.8, 4) is 11.4 Å². The first-order valence-corrected chi connectivity index (χ1v) is 9.62. The zero-order valence-electron chi connectivity index (χ0n) is 16.9. The number of fused-ring (bicyclic) bond motifs is 1. The van der Waals surface area contributed by atoms with Gasteiger partial charge in [0.05, 0.1) is 30.7 Å². The SMILES string of the molecule is CN=C(/C=C\N)c1cc(N2CCOC[C@H]2C)nc2c(-c3ccnn3C)nccc12. The van der Waals surface area contributed by atoms with Crippen LogP contribution in [0.5, 0.6) is 0 Å². The fourth-order valence-corrected chi connectivity index (χ4v) is 3.73. The molecule has 1 fully saturated rings. The van der Waals surface area contributed by atoms with Crippen LogP contribution < -0.4 is 10.6 Å². The van der Waals surface area contributed by atoms with Crippen molar-refractivity contribution in [2.75, 3.05) is 31.7 Å². The van der Waals surface area contributed by atoms with E-state index in [2.05, 4.69) is 33.0 Å². The van der Waals surface area contributed by atoms with Gasteiger partial charge < -0.3 is 15.4 Å². The zero-order chi connectivity index (χ0) is 20.4. The van der Waals surface area contributed by atoms with Crippen LogP contribution in [-0.2, 0) is 11.8 Å². The lowest BCUT2D eigenvalue weighted by molar-refractivity contribution is 0.0986. The lowest BCUT2D eigenvalue weighted by atomic mass is 10.0. The summed E-state index contributed by atoms with van der Waals surface area (Å²) in [6.07, 6.45) is 6.88. The molecule has 0 amide bonds. The Labute approximate surface area is 169 Å². The molecule has 0 aliphatic carbocycles. The molecule has 0 spiro atoms. The third-order valence-electron chi connectivity index (χ3n) is 5.21. The quantitative estimate of drug-likeness (QED) is 0.685. The highest BCUT2D eigenvalue weighted by molar-refractivity contribution is 6.17. The number of aromatic nitrogens is 4. The largest absolute Gasteiger partial charge is 0.405 e. The molecule has 3 aromatic heterocycles. The third kappa shape index (κ3) is 3.47. The standard InChI is InChI=1S/C21H25N7O/c1-14-13-29-11-10-28(14)19-12-16(17(23-2)4-7-22)15-5-8-24-21(20(15)26-19)18-6-9-25-27(18)3/h4-9,12,14H,10-11,13,22H2,1-3H3/b7-4-,23-17?/t14-/m1/s1. The molecule has 2 N–H and O–H groups in total. The van der Waals surface area contributed by atoms with E-state index in [-0.39, 0.29) is 6.04 Å². The number of morpholine rings is 1. The average molecular weight is 391 g/mol. The Morgan fingerprint density at radius 1 is 1.34 bits per heavy atom. The molecule has 0 radical (unpaired) electrons. The molecule has 4 rings (SSSR count). The second kappa shape index (κ2) is 8.00. The van der Waals surface area contributed by atoms with Crippen molar-refractivity contribution >= 4 is 22.4 Å². The predicted octanol–water partition coefficient (Wildman–Crippen LogP) is 2.15. The van der Waals surface area contributed by atoms with Crippen LogP contribution in [0.15, 0.2) is 47.9 Å². The normalized spacial score (nSPS) is 18.1. The number of anilines is 1. The number of aliphatic imine (C=N–C) groups is 1. The van der Waals surface area contributed by atoms with E-state index in [4.69, 9.17) is 15.5 Å². The highest BCUT2D eigenvalue weighted by Gasteiger charge is 2.23. The lowest BCUT2D eigenvalue weighted by Gasteiger charge is -2.34. The Hall–Kier alpha value is -3.26. The molecule has 1 aliphatic rings. The van der Waals surface area contributed by atoms with Gasteiger partial charge in [-0.15, -0.1) is 0 Å². The van der Waals surface area contributed by atoms with Crippen molar-refractivity contribution in [3.63, 3.8) is 0 Å². The van der Waals surface area contributed by atoms with Gasteiger partial charge in [-0.05, 0) is 37.4 Å². The van der Waals surface area contributed by atoms with E-state index in [1.54, 1.807) is 19.4 Å². The smallest absolute Gasteiger partial charge is 0.130 e. The van der Waals surface area contributed by atoms with E-state index in [9.17, 15) is 0 Å². The van der Waals surface area contributed by atoms with E-state index >= 15 is 0 Å². The number of allylic oxidation sites excluding steroid dienone is 1. The van der Waals surface area contributed by atoms with E-state index in [1.807, 2.05) is 29.9 Å². The number of aryl methyl sites for hydroxylation is 1. The maximum Gasteiger partial charge on any atom is 0.130 e. The van der Waals surface area contributed by atoms with Gasteiger partial charge in [0.2, 0.25) is 0 Å². The van der Waals surface area contributed by atoms with Gasteiger partial charge >= 0.3 is 0 Å². The van der Waals surface area contributed by atoms with Gasteiger partial charge in [0.15, 0.2) is 0 Å². The number of pyridine rings is 2. The Balaban J connectivity index is 2.01. The minimum absolute atomic E-state index is 0.227. The summed E-state index contributed by atoms with van der Waals surface area (Å²) >= 11 is 0. The van der Waals surface area contributed by atoms with Crippen LogP contribution in [0.25, 0.3) is 22.3 Å². The molecular weight excluding hydrogens is 366 g/mol. The van der Waals surface area contributed by atoms with Crippen LogP contribution in [0.1, 0.15) is 12.5 Å². The molecule has 0 unspecified atom stereocenters. The van der Waals surface area contributed by atoms with Crippen molar-refractivity contribution < 1.29 is 4.74 Å². The van der Waals surface area contributed by atoms with Crippen LogP contribution in [0.4, 0.5) is 5.82 Å². The number of nitrogens with two attached hydrogens (primary N) is 1. The molecule has 29 heavy (non-hydrogen) atoms. The number of nitrogens with zero attached hydrogens (tertiary/aromatic N) is 6. The van der Waals surface area contributed by atoms with Gasteiger partial charge in [0.1, 0.15) is 17.0 Å². The maximum atomic E-state index is 5.69. The highest BCUT2D eigenvalue weighted by Crippen LogP contribution is 2.31. The van der Waals surface area contributed by atoms with E-state index in [1.165, 1.54) is 6.20 Å². The molecule has 0 aromatic carbocycles. The highest BCUT2D eigenvalue weighted by atomic mass is 16.5. The Kier molecular flexibility index (Phi) is 5.26. The summed E-state index contributed by atoms with van der Waals surface area (Å²) in [6, 6.07) is 6.23. The molecule has 4 heterocycles. The molecule has 150 valence electrons. The van der Waals surface area contributed by atoms with Gasteiger partial charge in [0.25, 0.3) is 0 Å². The van der Waals surface area contributed by atoms with E-state index < -0.39 is 0 Å². The topological polar surface area (TPSA) is 94.5 Å². The Morgan fingerprint density at radius 2 is 2.21 bits per heavy atom. The van der Waals surface area contributed by atoms with Crippen LogP contribution in [0.3, 0.4) is 0 Å². The predicted molar refractivity (Wildman–Crippen MR) is 115 cm³/mol. The third-order valence-corrected chi connectivity index (χ3v) is 5.21. The van der Waals surface area contributed by atoms with Gasteiger partial charge in [0, 0.05) is 44.0 Å².